The maximum Gasteiger partial charge on any atom is 0.386 e. The summed E-state index contributed by atoms with van der Waals surface area (Å²) in [6.45, 7) is -2.80. The second kappa shape index (κ2) is 9.78. The Bertz CT molecular complexity index is 810. The zero-order chi connectivity index (χ0) is 19.8. The van der Waals surface area contributed by atoms with E-state index in [2.05, 4.69) is 10.1 Å². The van der Waals surface area contributed by atoms with Crippen LogP contribution in [0.3, 0.4) is 0 Å². The quantitative estimate of drug-likeness (QED) is 0.522. The van der Waals surface area contributed by atoms with Gasteiger partial charge in [-0.3, -0.25) is 4.79 Å². The van der Waals surface area contributed by atoms with Gasteiger partial charge in [0.25, 0.3) is 5.91 Å². The van der Waals surface area contributed by atoms with Gasteiger partial charge in [0.1, 0.15) is 6.26 Å². The van der Waals surface area contributed by atoms with Crippen molar-refractivity contribution in [1.29, 1.82) is 0 Å². The van der Waals surface area contributed by atoms with Gasteiger partial charge in [0.05, 0.1) is 12.7 Å². The minimum absolute atomic E-state index is 0.0161. The molecular formula is C19H18ClF2NO4. The number of alkyl halides is 2. The number of nitrogens with one attached hydrogen (secondary N) is 1. The van der Waals surface area contributed by atoms with E-state index in [-0.39, 0.29) is 17.9 Å². The molecule has 0 bridgehead atoms. The van der Waals surface area contributed by atoms with E-state index in [9.17, 15) is 18.7 Å². The van der Waals surface area contributed by atoms with E-state index in [0.29, 0.717) is 22.8 Å². The van der Waals surface area contributed by atoms with Crippen LogP contribution in [0, 0.1) is 0 Å². The Hall–Kier alpha value is -2.80. The van der Waals surface area contributed by atoms with Crippen molar-refractivity contribution in [2.75, 3.05) is 13.7 Å². The topological polar surface area (TPSA) is 67.8 Å². The molecule has 0 saturated carbocycles. The van der Waals surface area contributed by atoms with E-state index in [0.717, 1.165) is 11.8 Å². The summed E-state index contributed by atoms with van der Waals surface area (Å²) in [4.78, 5) is 12.4. The van der Waals surface area contributed by atoms with Crippen LogP contribution >= 0.6 is 11.6 Å². The van der Waals surface area contributed by atoms with Crippen molar-refractivity contribution in [3.8, 4) is 11.5 Å². The SMILES string of the molecule is COc1cc(CCNC(=O)/C(=C\OC(F)F)c2ccc(Cl)cc2)ccc1O. The molecule has 2 rings (SSSR count). The van der Waals surface area contributed by atoms with Crippen molar-refractivity contribution < 1.29 is 28.2 Å². The number of hydrogen-bond acceptors (Lipinski definition) is 4. The largest absolute Gasteiger partial charge is 0.504 e. The molecule has 1 amide bonds. The average molecular weight is 398 g/mol. The Kier molecular flexibility index (Phi) is 7.43. The predicted octanol–water partition coefficient (Wildman–Crippen LogP) is 3.99. The lowest BCUT2D eigenvalue weighted by atomic mass is 10.1. The Morgan fingerprint density at radius 2 is 1.96 bits per heavy atom. The number of aromatic hydroxyl groups is 1. The van der Waals surface area contributed by atoms with E-state index < -0.39 is 12.5 Å². The van der Waals surface area contributed by atoms with Gasteiger partial charge in [0.2, 0.25) is 0 Å². The lowest BCUT2D eigenvalue weighted by Crippen LogP contribution is -2.26. The molecule has 0 aromatic heterocycles. The van der Waals surface area contributed by atoms with E-state index in [1.807, 2.05) is 0 Å². The van der Waals surface area contributed by atoms with Crippen LogP contribution in [-0.4, -0.2) is 31.3 Å². The monoisotopic (exact) mass is 397 g/mol. The summed E-state index contributed by atoms with van der Waals surface area (Å²) < 4.78 is 33.9. The number of benzene rings is 2. The number of ether oxygens (including phenoxy) is 2. The van der Waals surface area contributed by atoms with Crippen LogP contribution in [0.15, 0.2) is 48.7 Å². The van der Waals surface area contributed by atoms with Crippen molar-refractivity contribution in [3.05, 3.63) is 64.9 Å². The molecule has 0 unspecified atom stereocenters. The van der Waals surface area contributed by atoms with Crippen molar-refractivity contribution in [1.82, 2.24) is 5.32 Å². The molecule has 2 aromatic rings. The number of methoxy groups -OCH3 is 1. The lowest BCUT2D eigenvalue weighted by Gasteiger charge is -2.11. The highest BCUT2D eigenvalue weighted by Crippen LogP contribution is 2.26. The second-order valence-corrected chi connectivity index (χ2v) is 5.88. The third-order valence-corrected chi connectivity index (χ3v) is 3.88. The summed E-state index contributed by atoms with van der Waals surface area (Å²) in [6, 6.07) is 11.0. The highest BCUT2D eigenvalue weighted by atomic mass is 35.5. The first-order chi connectivity index (χ1) is 12.9. The van der Waals surface area contributed by atoms with Gasteiger partial charge in [0, 0.05) is 11.6 Å². The number of carbonyl (C=O) groups excluding carboxylic acids is 1. The summed E-state index contributed by atoms with van der Waals surface area (Å²) in [5.74, 6) is -0.225. The van der Waals surface area contributed by atoms with Gasteiger partial charge in [-0.05, 0) is 41.8 Å². The first-order valence-electron chi connectivity index (χ1n) is 7.94. The zero-order valence-electron chi connectivity index (χ0n) is 14.4. The summed E-state index contributed by atoms with van der Waals surface area (Å²) in [5, 5.41) is 12.7. The normalized spacial score (nSPS) is 11.4. The van der Waals surface area contributed by atoms with Crippen molar-refractivity contribution >= 4 is 23.1 Å². The van der Waals surface area contributed by atoms with Gasteiger partial charge in [-0.1, -0.05) is 29.8 Å². The number of amides is 1. The summed E-state index contributed by atoms with van der Waals surface area (Å²) in [6.07, 6.45) is 1.18. The highest BCUT2D eigenvalue weighted by molar-refractivity contribution is 6.30. The summed E-state index contributed by atoms with van der Waals surface area (Å²) in [5.41, 5.74) is 1.17. The van der Waals surface area contributed by atoms with Gasteiger partial charge in [-0.15, -0.1) is 0 Å². The van der Waals surface area contributed by atoms with Gasteiger partial charge in [-0.25, -0.2) is 0 Å². The van der Waals surface area contributed by atoms with Crippen molar-refractivity contribution in [3.63, 3.8) is 0 Å². The number of carbonyl (C=O) groups is 1. The van der Waals surface area contributed by atoms with E-state index in [1.54, 1.807) is 24.3 Å². The van der Waals surface area contributed by atoms with Crippen molar-refractivity contribution in [2.24, 2.45) is 0 Å². The van der Waals surface area contributed by atoms with E-state index in [1.165, 1.54) is 25.3 Å². The first-order valence-corrected chi connectivity index (χ1v) is 8.32. The minimum Gasteiger partial charge on any atom is -0.504 e. The molecule has 0 radical (unpaired) electrons. The molecule has 2 N–H and O–H groups in total. The van der Waals surface area contributed by atoms with Crippen LogP contribution in [0.4, 0.5) is 8.78 Å². The summed E-state index contributed by atoms with van der Waals surface area (Å²) >= 11 is 5.81. The van der Waals surface area contributed by atoms with E-state index >= 15 is 0 Å². The molecule has 8 heteroatoms. The Morgan fingerprint density at radius 3 is 2.59 bits per heavy atom. The van der Waals surface area contributed by atoms with Crippen LogP contribution < -0.4 is 10.1 Å². The Labute approximate surface area is 160 Å². The molecule has 0 aliphatic rings. The van der Waals surface area contributed by atoms with Crippen molar-refractivity contribution in [2.45, 2.75) is 13.0 Å². The molecule has 27 heavy (non-hydrogen) atoms. The first kappa shape index (κ1) is 20.5. The smallest absolute Gasteiger partial charge is 0.386 e. The fourth-order valence-electron chi connectivity index (χ4n) is 2.29. The molecule has 0 aliphatic heterocycles. The minimum atomic E-state index is -3.04. The number of phenolic OH excluding ortho intramolecular Hbond substituents is 1. The molecule has 0 atom stereocenters. The van der Waals surface area contributed by atoms with Crippen LogP contribution in [-0.2, 0) is 16.0 Å². The molecule has 2 aromatic carbocycles. The molecule has 0 spiro atoms. The Morgan fingerprint density at radius 1 is 1.26 bits per heavy atom. The molecule has 0 fully saturated rings. The standard InChI is InChI=1S/C19H18ClF2NO4/c1-26-17-10-12(2-7-16(17)24)8-9-23-18(25)15(11-27-19(21)22)13-3-5-14(20)6-4-13/h2-7,10-11,19,24H,8-9H2,1H3,(H,23,25)/b15-11-. The van der Waals surface area contributed by atoms with Gasteiger partial charge in [0.15, 0.2) is 11.5 Å². The fourth-order valence-corrected chi connectivity index (χ4v) is 2.42. The van der Waals surface area contributed by atoms with Crippen LogP contribution in [0.5, 0.6) is 11.5 Å². The molecule has 0 heterocycles. The third-order valence-electron chi connectivity index (χ3n) is 3.63. The zero-order valence-corrected chi connectivity index (χ0v) is 15.2. The Balaban J connectivity index is 2.05. The van der Waals surface area contributed by atoms with Crippen LogP contribution in [0.1, 0.15) is 11.1 Å². The fraction of sp³-hybridized carbons (Fsp3) is 0.211. The molecule has 144 valence electrons. The maximum atomic E-state index is 12.4. The van der Waals surface area contributed by atoms with Crippen LogP contribution in [0.25, 0.3) is 5.57 Å². The number of phenols is 1. The lowest BCUT2D eigenvalue weighted by molar-refractivity contribution is -0.116. The molecule has 0 aliphatic carbocycles. The highest BCUT2D eigenvalue weighted by Gasteiger charge is 2.14. The van der Waals surface area contributed by atoms with Gasteiger partial charge >= 0.3 is 6.61 Å². The molecular weight excluding hydrogens is 380 g/mol. The molecule has 5 nitrogen and oxygen atoms in total. The average Bonchev–Trinajstić information content (AvgIpc) is 2.64. The van der Waals surface area contributed by atoms with Crippen LogP contribution in [0.2, 0.25) is 5.02 Å². The van der Waals surface area contributed by atoms with Gasteiger partial charge < -0.3 is 19.9 Å². The summed E-state index contributed by atoms with van der Waals surface area (Å²) in [7, 11) is 1.44. The van der Waals surface area contributed by atoms with E-state index in [4.69, 9.17) is 16.3 Å². The predicted molar refractivity (Wildman–Crippen MR) is 97.9 cm³/mol. The maximum absolute atomic E-state index is 12.4. The molecule has 0 saturated heterocycles. The third kappa shape index (κ3) is 6.14. The second-order valence-electron chi connectivity index (χ2n) is 5.45. The number of rotatable bonds is 8. The van der Waals surface area contributed by atoms with Gasteiger partial charge in [-0.2, -0.15) is 8.78 Å². The number of halogens is 3. The number of hydrogen-bond donors (Lipinski definition) is 2.